The largest absolute Gasteiger partial charge is 0.383 e. The van der Waals surface area contributed by atoms with Crippen molar-refractivity contribution in [2.75, 3.05) is 18.4 Å². The lowest BCUT2D eigenvalue weighted by molar-refractivity contribution is 0.435. The Morgan fingerprint density at radius 1 is 1.19 bits per heavy atom. The molecule has 0 amide bonds. The standard InChI is InChI=1S/C13H21BrN2/c1-10-5-6-12(11(14)9-10)15-7-8-16-13(2,3)4/h5-6,9,15-16H,7-8H2,1-4H3. The summed E-state index contributed by atoms with van der Waals surface area (Å²) in [6.07, 6.45) is 0. The van der Waals surface area contributed by atoms with Gasteiger partial charge >= 0.3 is 0 Å². The van der Waals surface area contributed by atoms with E-state index in [0.29, 0.717) is 0 Å². The molecule has 0 aliphatic rings. The highest BCUT2D eigenvalue weighted by Gasteiger charge is 2.07. The molecule has 2 N–H and O–H groups in total. The molecule has 0 fully saturated rings. The van der Waals surface area contributed by atoms with E-state index in [1.807, 2.05) is 0 Å². The van der Waals surface area contributed by atoms with E-state index >= 15 is 0 Å². The molecule has 0 aliphatic heterocycles. The van der Waals surface area contributed by atoms with Crippen molar-refractivity contribution in [1.29, 1.82) is 0 Å². The Bertz CT molecular complexity index is 342. The minimum Gasteiger partial charge on any atom is -0.383 e. The van der Waals surface area contributed by atoms with Crippen molar-refractivity contribution in [2.24, 2.45) is 0 Å². The highest BCUT2D eigenvalue weighted by atomic mass is 79.9. The van der Waals surface area contributed by atoms with Crippen molar-refractivity contribution in [3.05, 3.63) is 28.2 Å². The van der Waals surface area contributed by atoms with Gasteiger partial charge in [0.05, 0.1) is 0 Å². The molecule has 0 unspecified atom stereocenters. The molecule has 2 nitrogen and oxygen atoms in total. The van der Waals surface area contributed by atoms with E-state index in [9.17, 15) is 0 Å². The van der Waals surface area contributed by atoms with E-state index < -0.39 is 0 Å². The zero-order valence-electron chi connectivity index (χ0n) is 10.5. The molecule has 0 heterocycles. The van der Waals surface area contributed by atoms with Crippen molar-refractivity contribution in [3.63, 3.8) is 0 Å². The second-order valence-electron chi connectivity index (χ2n) is 5.09. The molecule has 3 heteroatoms. The van der Waals surface area contributed by atoms with E-state index in [0.717, 1.165) is 23.2 Å². The number of hydrogen-bond donors (Lipinski definition) is 2. The lowest BCUT2D eigenvalue weighted by Crippen LogP contribution is -2.38. The molecule has 0 radical (unpaired) electrons. The monoisotopic (exact) mass is 284 g/mol. The number of benzene rings is 1. The molecule has 90 valence electrons. The van der Waals surface area contributed by atoms with Crippen LogP contribution in [0.2, 0.25) is 0 Å². The number of rotatable bonds is 4. The van der Waals surface area contributed by atoms with Crippen LogP contribution in [0, 0.1) is 6.92 Å². The zero-order valence-corrected chi connectivity index (χ0v) is 12.1. The molecule has 0 aromatic heterocycles. The maximum Gasteiger partial charge on any atom is 0.0485 e. The molecule has 1 aromatic rings. The fourth-order valence-corrected chi connectivity index (χ4v) is 2.03. The molecule has 0 saturated carbocycles. The summed E-state index contributed by atoms with van der Waals surface area (Å²) in [6.45, 7) is 10.5. The van der Waals surface area contributed by atoms with Crippen molar-refractivity contribution < 1.29 is 0 Å². The fourth-order valence-electron chi connectivity index (χ4n) is 1.40. The third kappa shape index (κ3) is 4.99. The van der Waals surface area contributed by atoms with Gasteiger partial charge in [-0.2, -0.15) is 0 Å². The summed E-state index contributed by atoms with van der Waals surface area (Å²) in [4.78, 5) is 0. The minimum atomic E-state index is 0.187. The molecular formula is C13H21BrN2. The number of anilines is 1. The molecule has 1 aromatic carbocycles. The molecule has 0 bridgehead atoms. The maximum atomic E-state index is 3.56. The molecule has 1 rings (SSSR count). The number of nitrogens with one attached hydrogen (secondary N) is 2. The van der Waals surface area contributed by atoms with Crippen LogP contribution in [0.1, 0.15) is 26.3 Å². The van der Waals surface area contributed by atoms with Gasteiger partial charge < -0.3 is 10.6 Å². The highest BCUT2D eigenvalue weighted by molar-refractivity contribution is 9.10. The van der Waals surface area contributed by atoms with E-state index in [1.54, 1.807) is 0 Å². The van der Waals surface area contributed by atoms with E-state index in [4.69, 9.17) is 0 Å². The topological polar surface area (TPSA) is 24.1 Å². The Balaban J connectivity index is 2.38. The van der Waals surface area contributed by atoms with Crippen LogP contribution in [-0.4, -0.2) is 18.6 Å². The van der Waals surface area contributed by atoms with Gasteiger partial charge in [-0.3, -0.25) is 0 Å². The first-order valence-electron chi connectivity index (χ1n) is 5.63. The molecule has 0 aliphatic carbocycles. The highest BCUT2D eigenvalue weighted by Crippen LogP contribution is 2.22. The van der Waals surface area contributed by atoms with Gasteiger partial charge in [0.25, 0.3) is 0 Å². The Morgan fingerprint density at radius 3 is 2.44 bits per heavy atom. The van der Waals surface area contributed by atoms with Crippen LogP contribution in [0.3, 0.4) is 0 Å². The first kappa shape index (κ1) is 13.5. The van der Waals surface area contributed by atoms with Crippen LogP contribution >= 0.6 is 15.9 Å². The van der Waals surface area contributed by atoms with E-state index in [1.165, 1.54) is 5.56 Å². The van der Waals surface area contributed by atoms with Crippen molar-refractivity contribution in [1.82, 2.24) is 5.32 Å². The third-order valence-electron chi connectivity index (χ3n) is 2.22. The van der Waals surface area contributed by atoms with Gasteiger partial charge in [0.2, 0.25) is 0 Å². The number of halogens is 1. The summed E-state index contributed by atoms with van der Waals surface area (Å²) < 4.78 is 1.13. The van der Waals surface area contributed by atoms with Crippen LogP contribution in [0.5, 0.6) is 0 Å². The van der Waals surface area contributed by atoms with Crippen LogP contribution in [0.15, 0.2) is 22.7 Å². The first-order chi connectivity index (χ1) is 7.38. The number of aryl methyl sites for hydroxylation is 1. The Hall–Kier alpha value is -0.540. The van der Waals surface area contributed by atoms with Gasteiger partial charge in [0, 0.05) is 28.8 Å². The summed E-state index contributed by atoms with van der Waals surface area (Å²) in [7, 11) is 0. The van der Waals surface area contributed by atoms with Crippen LogP contribution < -0.4 is 10.6 Å². The van der Waals surface area contributed by atoms with Crippen molar-refractivity contribution in [3.8, 4) is 0 Å². The average Bonchev–Trinajstić information content (AvgIpc) is 2.13. The first-order valence-corrected chi connectivity index (χ1v) is 6.43. The lowest BCUT2D eigenvalue weighted by atomic mass is 10.1. The Kier molecular flexibility index (Phi) is 4.81. The second-order valence-corrected chi connectivity index (χ2v) is 5.94. The molecule has 0 saturated heterocycles. The molecule has 0 spiro atoms. The Morgan fingerprint density at radius 2 is 1.88 bits per heavy atom. The second kappa shape index (κ2) is 5.69. The quantitative estimate of drug-likeness (QED) is 0.827. The van der Waals surface area contributed by atoms with Gasteiger partial charge in [0.15, 0.2) is 0 Å². The third-order valence-corrected chi connectivity index (χ3v) is 2.88. The Labute approximate surface area is 107 Å². The van der Waals surface area contributed by atoms with Crippen molar-refractivity contribution in [2.45, 2.75) is 33.2 Å². The number of hydrogen-bond acceptors (Lipinski definition) is 2. The molecule has 16 heavy (non-hydrogen) atoms. The summed E-state index contributed by atoms with van der Waals surface area (Å²) in [5, 5.41) is 6.85. The zero-order chi connectivity index (χ0) is 12.2. The van der Waals surface area contributed by atoms with Gasteiger partial charge in [-0.15, -0.1) is 0 Å². The normalized spacial score (nSPS) is 11.6. The lowest BCUT2D eigenvalue weighted by Gasteiger charge is -2.21. The predicted molar refractivity (Wildman–Crippen MR) is 75.1 cm³/mol. The van der Waals surface area contributed by atoms with Gasteiger partial charge in [-0.05, 0) is 61.3 Å². The predicted octanol–water partition coefficient (Wildman–Crippen LogP) is 3.56. The molecular weight excluding hydrogens is 264 g/mol. The smallest absolute Gasteiger partial charge is 0.0485 e. The average molecular weight is 285 g/mol. The van der Waals surface area contributed by atoms with Gasteiger partial charge in [-0.1, -0.05) is 6.07 Å². The summed E-state index contributed by atoms with van der Waals surface area (Å²) >= 11 is 3.56. The summed E-state index contributed by atoms with van der Waals surface area (Å²) in [5.41, 5.74) is 2.61. The molecule has 0 atom stereocenters. The maximum absolute atomic E-state index is 3.56. The van der Waals surface area contributed by atoms with Gasteiger partial charge in [0.1, 0.15) is 0 Å². The SMILES string of the molecule is Cc1ccc(NCCNC(C)(C)C)c(Br)c1. The van der Waals surface area contributed by atoms with Gasteiger partial charge in [-0.25, -0.2) is 0 Å². The van der Waals surface area contributed by atoms with Crippen molar-refractivity contribution >= 4 is 21.6 Å². The van der Waals surface area contributed by atoms with E-state index in [-0.39, 0.29) is 5.54 Å². The van der Waals surface area contributed by atoms with Crippen LogP contribution in [0.25, 0.3) is 0 Å². The minimum absolute atomic E-state index is 0.187. The summed E-state index contributed by atoms with van der Waals surface area (Å²) in [5.74, 6) is 0. The fraction of sp³-hybridized carbons (Fsp3) is 0.538. The summed E-state index contributed by atoms with van der Waals surface area (Å²) in [6, 6.07) is 6.35. The van der Waals surface area contributed by atoms with Crippen LogP contribution in [-0.2, 0) is 0 Å². The van der Waals surface area contributed by atoms with E-state index in [2.05, 4.69) is 72.5 Å². The van der Waals surface area contributed by atoms with Crippen LogP contribution in [0.4, 0.5) is 5.69 Å².